The van der Waals surface area contributed by atoms with Gasteiger partial charge < -0.3 is 16.2 Å². The number of rotatable bonds is 8. The predicted molar refractivity (Wildman–Crippen MR) is 56.1 cm³/mol. The number of urea groups is 1. The Morgan fingerprint density at radius 3 is 2.40 bits per heavy atom. The number of hydrogen-bond donors (Lipinski definition) is 4. The van der Waals surface area contributed by atoms with Gasteiger partial charge in [-0.3, -0.25) is 10.1 Å². The van der Waals surface area contributed by atoms with Gasteiger partial charge in [-0.15, -0.1) is 0 Å². The van der Waals surface area contributed by atoms with Crippen molar-refractivity contribution in [2.24, 2.45) is 5.73 Å². The zero-order valence-electron chi connectivity index (χ0n) is 8.79. The number of carbonyl (C=O) groups is 2. The summed E-state index contributed by atoms with van der Waals surface area (Å²) in [5, 5.41) is 13.4. The molecule has 0 unspecified atom stereocenters. The van der Waals surface area contributed by atoms with Gasteiger partial charge in [0, 0.05) is 6.61 Å². The number of hydrogen-bond acceptors (Lipinski definition) is 4. The van der Waals surface area contributed by atoms with Gasteiger partial charge in [-0.25, -0.2) is 4.79 Å². The fourth-order valence-electron chi connectivity index (χ4n) is 1.10. The molecule has 0 bridgehead atoms. The Bertz CT molecular complexity index is 197. The fraction of sp³-hybridized carbons (Fsp3) is 0.778. The molecule has 0 heterocycles. The third kappa shape index (κ3) is 10.8. The lowest BCUT2D eigenvalue weighted by Crippen LogP contribution is -2.40. The Morgan fingerprint density at radius 2 is 1.80 bits per heavy atom. The summed E-state index contributed by atoms with van der Waals surface area (Å²) in [6.45, 7) is 1.05. The quantitative estimate of drug-likeness (QED) is 0.404. The van der Waals surface area contributed by atoms with Gasteiger partial charge in [0.05, 0.1) is 6.54 Å². The van der Waals surface area contributed by atoms with Crippen LogP contribution < -0.4 is 16.4 Å². The van der Waals surface area contributed by atoms with Crippen LogP contribution in [0.3, 0.4) is 0 Å². The number of unbranched alkanes of at least 4 members (excludes halogenated alkanes) is 3. The van der Waals surface area contributed by atoms with Crippen LogP contribution in [0.2, 0.25) is 0 Å². The Kier molecular flexibility index (Phi) is 8.70. The standard InChI is InChI=1S/C9H19N3O3/c10-9(15)12-8(14)7-11-5-3-1-2-4-6-13/h11,13H,1-7H2,(H3,10,12,14,15). The highest BCUT2D eigenvalue weighted by Crippen LogP contribution is 1.97. The van der Waals surface area contributed by atoms with E-state index in [-0.39, 0.29) is 13.2 Å². The van der Waals surface area contributed by atoms with Crippen molar-refractivity contribution in [2.45, 2.75) is 25.7 Å². The molecule has 3 amide bonds. The Morgan fingerprint density at radius 1 is 1.13 bits per heavy atom. The lowest BCUT2D eigenvalue weighted by Gasteiger charge is -2.03. The molecule has 0 saturated carbocycles. The van der Waals surface area contributed by atoms with Crippen LogP contribution >= 0.6 is 0 Å². The summed E-state index contributed by atoms with van der Waals surface area (Å²) in [6, 6.07) is -0.829. The second-order valence-electron chi connectivity index (χ2n) is 3.23. The van der Waals surface area contributed by atoms with E-state index in [2.05, 4.69) is 5.32 Å². The molecular weight excluding hydrogens is 198 g/mol. The topological polar surface area (TPSA) is 104 Å². The summed E-state index contributed by atoms with van der Waals surface area (Å²) < 4.78 is 0. The van der Waals surface area contributed by atoms with Crippen LogP contribution in [0, 0.1) is 0 Å². The maximum Gasteiger partial charge on any atom is 0.318 e. The summed E-state index contributed by atoms with van der Waals surface area (Å²) in [5.41, 5.74) is 4.76. The van der Waals surface area contributed by atoms with E-state index in [4.69, 9.17) is 10.8 Å². The monoisotopic (exact) mass is 217 g/mol. The number of amides is 3. The van der Waals surface area contributed by atoms with Crippen LogP contribution in [-0.4, -0.2) is 36.7 Å². The van der Waals surface area contributed by atoms with E-state index in [0.29, 0.717) is 0 Å². The third-order valence-corrected chi connectivity index (χ3v) is 1.81. The summed E-state index contributed by atoms with van der Waals surface area (Å²) in [6.07, 6.45) is 3.78. The molecule has 0 atom stereocenters. The molecule has 15 heavy (non-hydrogen) atoms. The van der Waals surface area contributed by atoms with Crippen molar-refractivity contribution in [1.29, 1.82) is 0 Å². The molecular formula is C9H19N3O3. The zero-order valence-corrected chi connectivity index (χ0v) is 8.79. The molecule has 0 saturated heterocycles. The van der Waals surface area contributed by atoms with E-state index < -0.39 is 11.9 Å². The van der Waals surface area contributed by atoms with E-state index in [1.54, 1.807) is 0 Å². The zero-order chi connectivity index (χ0) is 11.5. The van der Waals surface area contributed by atoms with E-state index >= 15 is 0 Å². The van der Waals surface area contributed by atoms with Crippen molar-refractivity contribution < 1.29 is 14.7 Å². The molecule has 6 heteroatoms. The van der Waals surface area contributed by atoms with Crippen LogP contribution in [-0.2, 0) is 4.79 Å². The number of aliphatic hydroxyl groups is 1. The van der Waals surface area contributed by atoms with Crippen molar-refractivity contribution in [2.75, 3.05) is 19.7 Å². The van der Waals surface area contributed by atoms with Crippen LogP contribution in [0.5, 0.6) is 0 Å². The van der Waals surface area contributed by atoms with Gasteiger partial charge in [-0.1, -0.05) is 12.8 Å². The average Bonchev–Trinajstić information content (AvgIpc) is 2.15. The van der Waals surface area contributed by atoms with Crippen LogP contribution in [0.15, 0.2) is 0 Å². The fourth-order valence-corrected chi connectivity index (χ4v) is 1.10. The van der Waals surface area contributed by atoms with E-state index in [1.807, 2.05) is 5.32 Å². The van der Waals surface area contributed by atoms with Crippen LogP contribution in [0.1, 0.15) is 25.7 Å². The summed E-state index contributed by atoms with van der Waals surface area (Å²) in [7, 11) is 0. The number of imide groups is 1. The van der Waals surface area contributed by atoms with Crippen molar-refractivity contribution in [1.82, 2.24) is 10.6 Å². The molecule has 0 aliphatic rings. The number of carbonyl (C=O) groups excluding carboxylic acids is 2. The maximum absolute atomic E-state index is 10.9. The molecule has 0 radical (unpaired) electrons. The van der Waals surface area contributed by atoms with Gasteiger partial charge in [0.1, 0.15) is 0 Å². The average molecular weight is 217 g/mol. The number of aliphatic hydroxyl groups excluding tert-OH is 1. The maximum atomic E-state index is 10.9. The SMILES string of the molecule is NC(=O)NC(=O)CNCCCCCCO. The molecule has 5 N–H and O–H groups in total. The van der Waals surface area contributed by atoms with Crippen molar-refractivity contribution in [3.8, 4) is 0 Å². The van der Waals surface area contributed by atoms with Gasteiger partial charge in [0.15, 0.2) is 0 Å². The first-order chi connectivity index (χ1) is 7.16. The molecule has 0 aromatic rings. The van der Waals surface area contributed by atoms with Gasteiger partial charge in [-0.05, 0) is 19.4 Å². The Balaban J connectivity index is 3.16. The van der Waals surface area contributed by atoms with Gasteiger partial charge in [0.25, 0.3) is 0 Å². The van der Waals surface area contributed by atoms with Crippen LogP contribution in [0.25, 0.3) is 0 Å². The molecule has 0 aliphatic heterocycles. The summed E-state index contributed by atoms with van der Waals surface area (Å²) in [5.74, 6) is -0.419. The minimum atomic E-state index is -0.829. The third-order valence-electron chi connectivity index (χ3n) is 1.81. The van der Waals surface area contributed by atoms with Crippen LogP contribution in [0.4, 0.5) is 4.79 Å². The number of primary amides is 1. The molecule has 6 nitrogen and oxygen atoms in total. The van der Waals surface area contributed by atoms with Gasteiger partial charge in [-0.2, -0.15) is 0 Å². The highest BCUT2D eigenvalue weighted by molar-refractivity contribution is 5.94. The van der Waals surface area contributed by atoms with Gasteiger partial charge in [0.2, 0.25) is 5.91 Å². The predicted octanol–water partition coefficient (Wildman–Crippen LogP) is -0.676. The second-order valence-corrected chi connectivity index (χ2v) is 3.23. The lowest BCUT2D eigenvalue weighted by molar-refractivity contribution is -0.119. The van der Waals surface area contributed by atoms with E-state index in [0.717, 1.165) is 32.2 Å². The Labute approximate surface area is 89.2 Å². The number of nitrogens with two attached hydrogens (primary N) is 1. The normalized spacial score (nSPS) is 9.93. The van der Waals surface area contributed by atoms with E-state index in [1.165, 1.54) is 0 Å². The number of nitrogens with one attached hydrogen (secondary N) is 2. The first-order valence-electron chi connectivity index (χ1n) is 5.07. The van der Waals surface area contributed by atoms with Gasteiger partial charge >= 0.3 is 6.03 Å². The molecule has 0 aromatic carbocycles. The molecule has 0 fully saturated rings. The summed E-state index contributed by atoms with van der Waals surface area (Å²) >= 11 is 0. The lowest BCUT2D eigenvalue weighted by atomic mass is 10.2. The van der Waals surface area contributed by atoms with E-state index in [9.17, 15) is 9.59 Å². The Hall–Kier alpha value is -1.14. The minimum Gasteiger partial charge on any atom is -0.396 e. The highest BCUT2D eigenvalue weighted by Gasteiger charge is 2.01. The molecule has 0 spiro atoms. The molecule has 0 rings (SSSR count). The summed E-state index contributed by atoms with van der Waals surface area (Å²) in [4.78, 5) is 21.1. The molecule has 88 valence electrons. The van der Waals surface area contributed by atoms with Crippen molar-refractivity contribution in [3.05, 3.63) is 0 Å². The molecule has 0 aliphatic carbocycles. The van der Waals surface area contributed by atoms with Crippen molar-refractivity contribution >= 4 is 11.9 Å². The minimum absolute atomic E-state index is 0.100. The smallest absolute Gasteiger partial charge is 0.318 e. The van der Waals surface area contributed by atoms with Crippen molar-refractivity contribution in [3.63, 3.8) is 0 Å². The second kappa shape index (κ2) is 9.42. The first-order valence-corrected chi connectivity index (χ1v) is 5.07. The first kappa shape index (κ1) is 13.9. The largest absolute Gasteiger partial charge is 0.396 e. The highest BCUT2D eigenvalue weighted by atomic mass is 16.3. The molecule has 0 aromatic heterocycles.